The molecule has 0 radical (unpaired) electrons. The number of piperidine rings is 1. The quantitative estimate of drug-likeness (QED) is 0.310. The predicted molar refractivity (Wildman–Crippen MR) is 145 cm³/mol. The number of hydrogen-bond acceptors (Lipinski definition) is 8. The molecule has 1 saturated heterocycles. The van der Waals surface area contributed by atoms with E-state index in [1.54, 1.807) is 6.07 Å². The lowest BCUT2D eigenvalue weighted by atomic mass is 10.0. The SMILES string of the molecule is CN(C)c1cccc(NC2CCN(S(=O)(=O)c3ccc(Cc4c(C(N)=O)cccc4[N+](=O)[O-])s3)CC2)c1. The number of nitrogens with two attached hydrogens (primary N) is 1. The number of anilines is 2. The third-order valence-electron chi connectivity index (χ3n) is 6.38. The molecule has 0 bridgehead atoms. The van der Waals surface area contributed by atoms with Gasteiger partial charge in [-0.1, -0.05) is 12.1 Å². The molecule has 1 fully saturated rings. The number of primary amides is 1. The lowest BCUT2D eigenvalue weighted by Crippen LogP contribution is -2.42. The van der Waals surface area contributed by atoms with Gasteiger partial charge in [-0.2, -0.15) is 4.31 Å². The highest BCUT2D eigenvalue weighted by molar-refractivity contribution is 7.91. The van der Waals surface area contributed by atoms with Crippen LogP contribution in [0.15, 0.2) is 58.8 Å². The number of thiophene rings is 1. The molecule has 0 saturated carbocycles. The molecule has 0 atom stereocenters. The molecule has 0 spiro atoms. The van der Waals surface area contributed by atoms with Crippen molar-refractivity contribution in [2.45, 2.75) is 29.5 Å². The number of carbonyl (C=O) groups excluding carboxylic acids is 1. The Labute approximate surface area is 219 Å². The van der Waals surface area contributed by atoms with Crippen molar-refractivity contribution >= 4 is 44.3 Å². The van der Waals surface area contributed by atoms with Gasteiger partial charge in [0.05, 0.1) is 4.92 Å². The maximum absolute atomic E-state index is 13.3. The Balaban J connectivity index is 1.44. The number of nitro groups is 1. The van der Waals surface area contributed by atoms with E-state index in [0.29, 0.717) is 30.8 Å². The Morgan fingerprint density at radius 2 is 1.86 bits per heavy atom. The van der Waals surface area contributed by atoms with E-state index in [0.717, 1.165) is 22.7 Å². The van der Waals surface area contributed by atoms with Gasteiger partial charge in [0.2, 0.25) is 5.91 Å². The van der Waals surface area contributed by atoms with Crippen LogP contribution in [-0.2, 0) is 16.4 Å². The summed E-state index contributed by atoms with van der Waals surface area (Å²) in [7, 11) is 0.256. The summed E-state index contributed by atoms with van der Waals surface area (Å²) >= 11 is 1.05. The van der Waals surface area contributed by atoms with E-state index in [4.69, 9.17) is 5.73 Å². The largest absolute Gasteiger partial charge is 0.382 e. The highest BCUT2D eigenvalue weighted by Gasteiger charge is 2.31. The zero-order valence-electron chi connectivity index (χ0n) is 20.6. The average Bonchev–Trinajstić information content (AvgIpc) is 3.34. The third kappa shape index (κ3) is 5.92. The number of rotatable bonds is 9. The summed E-state index contributed by atoms with van der Waals surface area (Å²) in [6, 6.07) is 15.5. The van der Waals surface area contributed by atoms with E-state index in [1.807, 2.05) is 37.2 Å². The number of amides is 1. The minimum atomic E-state index is -3.71. The number of nitrogens with zero attached hydrogens (tertiary/aromatic N) is 3. The molecule has 3 N–H and O–H groups in total. The second-order valence-electron chi connectivity index (χ2n) is 9.09. The lowest BCUT2D eigenvalue weighted by Gasteiger charge is -2.32. The Morgan fingerprint density at radius 3 is 2.51 bits per heavy atom. The number of benzene rings is 2. The minimum absolute atomic E-state index is 0.0353. The summed E-state index contributed by atoms with van der Waals surface area (Å²) in [5, 5.41) is 15.0. The monoisotopic (exact) mass is 543 g/mol. The second kappa shape index (κ2) is 10.9. The summed E-state index contributed by atoms with van der Waals surface area (Å²) in [5.74, 6) is -0.770. The van der Waals surface area contributed by atoms with Crippen LogP contribution in [0, 0.1) is 10.1 Å². The molecule has 196 valence electrons. The fraction of sp³-hybridized carbons (Fsp3) is 0.320. The summed E-state index contributed by atoms with van der Waals surface area (Å²) < 4.78 is 28.3. The van der Waals surface area contributed by atoms with Crippen LogP contribution in [0.2, 0.25) is 0 Å². The molecule has 2 heterocycles. The van der Waals surface area contributed by atoms with Gasteiger partial charge in [-0.05, 0) is 49.2 Å². The van der Waals surface area contributed by atoms with Crippen LogP contribution in [0.4, 0.5) is 17.1 Å². The van der Waals surface area contributed by atoms with E-state index >= 15 is 0 Å². The predicted octanol–water partition coefficient (Wildman–Crippen LogP) is 3.68. The van der Waals surface area contributed by atoms with Gasteiger partial charge < -0.3 is 16.0 Å². The molecular weight excluding hydrogens is 514 g/mol. The van der Waals surface area contributed by atoms with Crippen LogP contribution >= 0.6 is 11.3 Å². The van der Waals surface area contributed by atoms with Crippen molar-refractivity contribution in [3.05, 3.63) is 80.7 Å². The van der Waals surface area contributed by atoms with Crippen molar-refractivity contribution in [3.63, 3.8) is 0 Å². The van der Waals surface area contributed by atoms with Gasteiger partial charge in [0.15, 0.2) is 0 Å². The number of hydrogen-bond donors (Lipinski definition) is 2. The van der Waals surface area contributed by atoms with Crippen molar-refractivity contribution in [2.75, 3.05) is 37.4 Å². The molecule has 0 unspecified atom stereocenters. The Hall–Kier alpha value is -3.48. The molecule has 12 heteroatoms. The molecule has 0 aliphatic carbocycles. The number of nitrogens with one attached hydrogen (secondary N) is 1. The Morgan fingerprint density at radius 1 is 1.16 bits per heavy atom. The molecular formula is C25H29N5O5S2. The zero-order valence-corrected chi connectivity index (χ0v) is 22.2. The first-order chi connectivity index (χ1) is 17.6. The van der Waals surface area contributed by atoms with Gasteiger partial charge in [-0.25, -0.2) is 8.42 Å². The first kappa shape index (κ1) is 26.6. The summed E-state index contributed by atoms with van der Waals surface area (Å²) in [4.78, 5) is 25.4. The van der Waals surface area contributed by atoms with Gasteiger partial charge in [-0.3, -0.25) is 14.9 Å². The van der Waals surface area contributed by atoms with Crippen molar-refractivity contribution < 1.29 is 18.1 Å². The van der Waals surface area contributed by atoms with E-state index in [1.165, 1.54) is 28.6 Å². The van der Waals surface area contributed by atoms with Crippen LogP contribution in [0.3, 0.4) is 0 Å². The van der Waals surface area contributed by atoms with Crippen molar-refractivity contribution in [1.82, 2.24) is 4.31 Å². The smallest absolute Gasteiger partial charge is 0.273 e. The lowest BCUT2D eigenvalue weighted by molar-refractivity contribution is -0.385. The highest BCUT2D eigenvalue weighted by Crippen LogP contribution is 2.32. The van der Waals surface area contributed by atoms with Crippen molar-refractivity contribution in [3.8, 4) is 0 Å². The molecule has 37 heavy (non-hydrogen) atoms. The fourth-order valence-electron chi connectivity index (χ4n) is 4.41. The molecule has 4 rings (SSSR count). The van der Waals surface area contributed by atoms with Gasteiger partial charge in [0.1, 0.15) is 4.21 Å². The summed E-state index contributed by atoms with van der Waals surface area (Å²) in [5.41, 5.74) is 7.52. The molecule has 3 aromatic rings. The molecule has 10 nitrogen and oxygen atoms in total. The van der Waals surface area contributed by atoms with Crippen LogP contribution in [0.1, 0.15) is 33.6 Å². The Bertz CT molecular complexity index is 1380. The Kier molecular flexibility index (Phi) is 7.81. The van der Waals surface area contributed by atoms with Gasteiger partial charge in [0, 0.05) is 73.1 Å². The minimum Gasteiger partial charge on any atom is -0.382 e. The molecule has 2 aromatic carbocycles. The normalized spacial score (nSPS) is 14.9. The zero-order chi connectivity index (χ0) is 26.7. The van der Waals surface area contributed by atoms with Crippen molar-refractivity contribution in [2.24, 2.45) is 5.73 Å². The maximum atomic E-state index is 13.3. The molecule has 1 aliphatic rings. The number of nitro benzene ring substituents is 1. The first-order valence-electron chi connectivity index (χ1n) is 11.7. The van der Waals surface area contributed by atoms with Gasteiger partial charge in [-0.15, -0.1) is 11.3 Å². The molecule has 1 aliphatic heterocycles. The van der Waals surface area contributed by atoms with Gasteiger partial charge >= 0.3 is 0 Å². The maximum Gasteiger partial charge on any atom is 0.273 e. The summed E-state index contributed by atoms with van der Waals surface area (Å²) in [6.07, 6.45) is 1.37. The summed E-state index contributed by atoms with van der Waals surface area (Å²) in [6.45, 7) is 0.771. The average molecular weight is 544 g/mol. The topological polar surface area (TPSA) is 139 Å². The van der Waals surface area contributed by atoms with E-state index < -0.39 is 20.9 Å². The molecule has 1 aromatic heterocycles. The standard InChI is InChI=1S/C25H29N5O5S2/c1-28(2)19-6-3-5-18(15-19)27-17-11-13-29(14-12-17)37(34,35)24-10-9-20(36-24)16-22-21(25(26)31)7-4-8-23(22)30(32)33/h3-10,15,17,27H,11-14,16H2,1-2H3,(H2,26,31). The van der Waals surface area contributed by atoms with Crippen LogP contribution < -0.4 is 16.0 Å². The van der Waals surface area contributed by atoms with E-state index in [2.05, 4.69) is 11.4 Å². The van der Waals surface area contributed by atoms with Crippen LogP contribution in [-0.4, -0.2) is 56.8 Å². The third-order valence-corrected chi connectivity index (χ3v) is 9.83. The van der Waals surface area contributed by atoms with E-state index in [-0.39, 0.29) is 33.5 Å². The van der Waals surface area contributed by atoms with Crippen LogP contribution in [0.25, 0.3) is 0 Å². The van der Waals surface area contributed by atoms with Gasteiger partial charge in [0.25, 0.3) is 15.7 Å². The number of carbonyl (C=O) groups is 1. The van der Waals surface area contributed by atoms with E-state index in [9.17, 15) is 23.3 Å². The first-order valence-corrected chi connectivity index (χ1v) is 14.0. The highest BCUT2D eigenvalue weighted by atomic mass is 32.2. The fourth-order valence-corrected chi connectivity index (χ4v) is 7.40. The van der Waals surface area contributed by atoms with Crippen molar-refractivity contribution in [1.29, 1.82) is 0 Å². The van der Waals surface area contributed by atoms with Crippen LogP contribution in [0.5, 0.6) is 0 Å². The molecule has 1 amide bonds. The number of sulfonamides is 1. The second-order valence-corrected chi connectivity index (χ2v) is 12.4.